The summed E-state index contributed by atoms with van der Waals surface area (Å²) in [5.74, 6) is 1.61. The zero-order chi connectivity index (χ0) is 14.8. The standard InChI is InChI=1S/C16H23N3OS/c1-11(2)20-13-3-4-14-15(9-13)21-16(18-14)19-7-5-12(10-17)6-8-19/h3-4,9,11-12H,5-8,10,17H2,1-2H3. The molecular weight excluding hydrogens is 282 g/mol. The fourth-order valence-corrected chi connectivity index (χ4v) is 3.78. The summed E-state index contributed by atoms with van der Waals surface area (Å²) in [7, 11) is 0. The molecule has 1 aromatic carbocycles. The minimum absolute atomic E-state index is 0.199. The predicted molar refractivity (Wildman–Crippen MR) is 89.4 cm³/mol. The second-order valence-corrected chi connectivity index (χ2v) is 6.97. The summed E-state index contributed by atoms with van der Waals surface area (Å²) < 4.78 is 6.96. The number of anilines is 1. The van der Waals surface area contributed by atoms with E-state index in [9.17, 15) is 0 Å². The van der Waals surface area contributed by atoms with Crippen LogP contribution in [0.3, 0.4) is 0 Å². The van der Waals surface area contributed by atoms with Crippen molar-refractivity contribution in [3.63, 3.8) is 0 Å². The minimum Gasteiger partial charge on any atom is -0.491 e. The van der Waals surface area contributed by atoms with Crippen LogP contribution in [0.4, 0.5) is 5.13 Å². The van der Waals surface area contributed by atoms with Gasteiger partial charge in [0.15, 0.2) is 5.13 Å². The maximum atomic E-state index is 5.76. The molecule has 1 aliphatic rings. The van der Waals surface area contributed by atoms with E-state index in [0.29, 0.717) is 5.92 Å². The molecule has 0 atom stereocenters. The molecule has 1 aromatic heterocycles. The molecule has 2 aromatic rings. The van der Waals surface area contributed by atoms with Crippen LogP contribution in [0.25, 0.3) is 10.2 Å². The van der Waals surface area contributed by atoms with Gasteiger partial charge in [-0.2, -0.15) is 0 Å². The van der Waals surface area contributed by atoms with Gasteiger partial charge in [0.2, 0.25) is 0 Å². The Labute approximate surface area is 129 Å². The monoisotopic (exact) mass is 305 g/mol. The lowest BCUT2D eigenvalue weighted by molar-refractivity contribution is 0.243. The van der Waals surface area contributed by atoms with Gasteiger partial charge in [0.05, 0.1) is 16.3 Å². The molecule has 0 spiro atoms. The smallest absolute Gasteiger partial charge is 0.186 e. The van der Waals surface area contributed by atoms with Crippen LogP contribution in [0.2, 0.25) is 0 Å². The number of hydrogen-bond acceptors (Lipinski definition) is 5. The summed E-state index contributed by atoms with van der Waals surface area (Å²) in [5.41, 5.74) is 6.82. The third-order valence-corrected chi connectivity index (χ3v) is 5.02. The number of aromatic nitrogens is 1. The first-order valence-corrected chi connectivity index (χ1v) is 8.49. The topological polar surface area (TPSA) is 51.4 Å². The molecule has 3 rings (SSSR count). The summed E-state index contributed by atoms with van der Waals surface area (Å²) in [5, 5.41) is 1.13. The maximum absolute atomic E-state index is 5.76. The second-order valence-electron chi connectivity index (χ2n) is 5.96. The van der Waals surface area contributed by atoms with Crippen molar-refractivity contribution >= 4 is 26.7 Å². The zero-order valence-corrected chi connectivity index (χ0v) is 13.5. The highest BCUT2D eigenvalue weighted by atomic mass is 32.1. The van der Waals surface area contributed by atoms with Crippen molar-refractivity contribution < 1.29 is 4.74 Å². The third kappa shape index (κ3) is 3.30. The van der Waals surface area contributed by atoms with E-state index in [0.717, 1.165) is 36.0 Å². The van der Waals surface area contributed by atoms with Gasteiger partial charge < -0.3 is 15.4 Å². The Bertz CT molecular complexity index is 603. The fraction of sp³-hybridized carbons (Fsp3) is 0.562. The molecule has 21 heavy (non-hydrogen) atoms. The molecule has 5 heteroatoms. The summed E-state index contributed by atoms with van der Waals surface area (Å²) in [4.78, 5) is 7.15. The minimum atomic E-state index is 0.199. The normalized spacial score (nSPS) is 16.9. The Morgan fingerprint density at radius 2 is 2.14 bits per heavy atom. The van der Waals surface area contributed by atoms with Crippen molar-refractivity contribution in [3.05, 3.63) is 18.2 Å². The quantitative estimate of drug-likeness (QED) is 0.942. The number of thiazole rings is 1. The zero-order valence-electron chi connectivity index (χ0n) is 12.7. The molecule has 4 nitrogen and oxygen atoms in total. The molecule has 1 fully saturated rings. The Morgan fingerprint density at radius 3 is 2.81 bits per heavy atom. The van der Waals surface area contributed by atoms with E-state index in [1.807, 2.05) is 19.9 Å². The van der Waals surface area contributed by atoms with Gasteiger partial charge in [-0.3, -0.25) is 0 Å². The van der Waals surface area contributed by atoms with Gasteiger partial charge in [-0.15, -0.1) is 0 Å². The van der Waals surface area contributed by atoms with E-state index in [1.165, 1.54) is 17.5 Å². The van der Waals surface area contributed by atoms with Crippen LogP contribution in [0.5, 0.6) is 5.75 Å². The highest BCUT2D eigenvalue weighted by molar-refractivity contribution is 7.22. The number of ether oxygens (including phenoxy) is 1. The summed E-state index contributed by atoms with van der Waals surface area (Å²) in [6.45, 7) is 7.03. The second kappa shape index (κ2) is 6.20. The Morgan fingerprint density at radius 1 is 1.38 bits per heavy atom. The molecule has 2 heterocycles. The van der Waals surface area contributed by atoms with E-state index in [-0.39, 0.29) is 6.10 Å². The van der Waals surface area contributed by atoms with Crippen molar-refractivity contribution in [3.8, 4) is 5.75 Å². The molecule has 1 saturated heterocycles. The number of piperidine rings is 1. The highest BCUT2D eigenvalue weighted by Crippen LogP contribution is 2.33. The molecule has 0 bridgehead atoms. The van der Waals surface area contributed by atoms with Crippen LogP contribution in [-0.2, 0) is 0 Å². The van der Waals surface area contributed by atoms with Crippen LogP contribution in [0.15, 0.2) is 18.2 Å². The van der Waals surface area contributed by atoms with Crippen molar-refractivity contribution in [2.75, 3.05) is 24.5 Å². The lowest BCUT2D eigenvalue weighted by atomic mass is 9.98. The van der Waals surface area contributed by atoms with Gasteiger partial charge >= 0.3 is 0 Å². The van der Waals surface area contributed by atoms with Gasteiger partial charge in [0, 0.05) is 13.1 Å². The van der Waals surface area contributed by atoms with E-state index in [4.69, 9.17) is 15.5 Å². The fourth-order valence-electron chi connectivity index (χ4n) is 2.73. The molecule has 1 aliphatic heterocycles. The SMILES string of the molecule is CC(C)Oc1ccc2nc(N3CCC(CN)CC3)sc2c1. The van der Waals surface area contributed by atoms with E-state index < -0.39 is 0 Å². The largest absolute Gasteiger partial charge is 0.491 e. The van der Waals surface area contributed by atoms with E-state index in [1.54, 1.807) is 11.3 Å². The number of nitrogens with zero attached hydrogens (tertiary/aromatic N) is 2. The molecular formula is C16H23N3OS. The third-order valence-electron chi connectivity index (χ3n) is 3.94. The molecule has 0 saturated carbocycles. The van der Waals surface area contributed by atoms with Crippen molar-refractivity contribution in [2.24, 2.45) is 11.7 Å². The Kier molecular flexibility index (Phi) is 4.31. The summed E-state index contributed by atoms with van der Waals surface area (Å²) >= 11 is 1.76. The average molecular weight is 305 g/mol. The molecule has 0 aliphatic carbocycles. The highest BCUT2D eigenvalue weighted by Gasteiger charge is 2.20. The number of benzene rings is 1. The van der Waals surface area contributed by atoms with Crippen molar-refractivity contribution in [1.82, 2.24) is 4.98 Å². The molecule has 0 amide bonds. The van der Waals surface area contributed by atoms with Gasteiger partial charge in [0.1, 0.15) is 5.75 Å². The maximum Gasteiger partial charge on any atom is 0.186 e. The molecule has 2 N–H and O–H groups in total. The van der Waals surface area contributed by atoms with Gasteiger partial charge in [-0.25, -0.2) is 4.98 Å². The average Bonchev–Trinajstić information content (AvgIpc) is 2.90. The molecule has 114 valence electrons. The first-order chi connectivity index (χ1) is 10.2. The van der Waals surface area contributed by atoms with Crippen molar-refractivity contribution in [1.29, 1.82) is 0 Å². The number of fused-ring (bicyclic) bond motifs is 1. The van der Waals surface area contributed by atoms with E-state index >= 15 is 0 Å². The summed E-state index contributed by atoms with van der Waals surface area (Å²) in [6.07, 6.45) is 2.55. The molecule has 0 radical (unpaired) electrons. The predicted octanol–water partition coefficient (Wildman–Crippen LogP) is 3.26. The lowest BCUT2D eigenvalue weighted by Gasteiger charge is -2.30. The van der Waals surface area contributed by atoms with Crippen LogP contribution in [0, 0.1) is 5.92 Å². The van der Waals surface area contributed by atoms with Crippen LogP contribution < -0.4 is 15.4 Å². The van der Waals surface area contributed by atoms with Crippen LogP contribution in [-0.4, -0.2) is 30.7 Å². The van der Waals surface area contributed by atoms with Gasteiger partial charge in [0.25, 0.3) is 0 Å². The Balaban J connectivity index is 1.78. The number of rotatable bonds is 4. The molecule has 0 unspecified atom stereocenters. The van der Waals surface area contributed by atoms with Crippen molar-refractivity contribution in [2.45, 2.75) is 32.8 Å². The number of hydrogen-bond donors (Lipinski definition) is 1. The first kappa shape index (κ1) is 14.6. The lowest BCUT2D eigenvalue weighted by Crippen LogP contribution is -2.35. The van der Waals surface area contributed by atoms with Gasteiger partial charge in [-0.05, 0) is 57.4 Å². The van der Waals surface area contributed by atoms with Crippen LogP contribution in [0.1, 0.15) is 26.7 Å². The number of nitrogens with two attached hydrogens (primary N) is 1. The summed E-state index contributed by atoms with van der Waals surface area (Å²) in [6, 6.07) is 6.16. The Hall–Kier alpha value is -1.33. The van der Waals surface area contributed by atoms with Crippen LogP contribution >= 0.6 is 11.3 Å². The van der Waals surface area contributed by atoms with E-state index in [2.05, 4.69) is 17.0 Å². The first-order valence-electron chi connectivity index (χ1n) is 7.68. The van der Waals surface area contributed by atoms with Gasteiger partial charge in [-0.1, -0.05) is 11.3 Å².